The maximum Gasteiger partial charge on any atom is 0.331 e. The highest BCUT2D eigenvalue weighted by atomic mass is 16.6. The topological polar surface area (TPSA) is 99.6 Å². The number of esters is 1. The molecule has 0 spiro atoms. The monoisotopic (exact) mass is 351 g/mol. The van der Waals surface area contributed by atoms with Crippen LogP contribution in [0.15, 0.2) is 65.1 Å². The van der Waals surface area contributed by atoms with Gasteiger partial charge in [-0.1, -0.05) is 30.3 Å². The zero-order valence-corrected chi connectivity index (χ0v) is 13.5. The molecule has 0 amide bonds. The number of rotatable bonds is 6. The van der Waals surface area contributed by atoms with E-state index in [-0.39, 0.29) is 11.4 Å². The zero-order chi connectivity index (χ0) is 18.5. The molecule has 7 heteroatoms. The van der Waals surface area contributed by atoms with E-state index in [1.54, 1.807) is 24.3 Å². The lowest BCUT2D eigenvalue weighted by molar-refractivity contribution is -0.384. The Kier molecular flexibility index (Phi) is 4.89. The molecule has 0 fully saturated rings. The molecule has 1 aromatic heterocycles. The fraction of sp³-hybridized carbons (Fsp3) is 0.0526. The van der Waals surface area contributed by atoms with Gasteiger partial charge in [-0.15, -0.1) is 0 Å². The second-order valence-electron chi connectivity index (χ2n) is 5.36. The number of benzene rings is 2. The van der Waals surface area contributed by atoms with Crippen molar-refractivity contribution in [2.45, 2.75) is 0 Å². The lowest BCUT2D eigenvalue weighted by Gasteiger charge is -1.99. The number of nitrogens with zero attached hydrogens (tertiary/aromatic N) is 1. The van der Waals surface area contributed by atoms with Gasteiger partial charge in [0.1, 0.15) is 5.58 Å². The number of carbonyl (C=O) groups excluding carboxylic acids is 2. The van der Waals surface area contributed by atoms with E-state index in [0.717, 1.165) is 11.5 Å². The first-order valence-corrected chi connectivity index (χ1v) is 7.64. The third kappa shape index (κ3) is 4.02. The van der Waals surface area contributed by atoms with Crippen molar-refractivity contribution >= 4 is 34.5 Å². The van der Waals surface area contributed by atoms with E-state index in [4.69, 9.17) is 9.15 Å². The van der Waals surface area contributed by atoms with E-state index in [2.05, 4.69) is 0 Å². The first-order chi connectivity index (χ1) is 12.5. The summed E-state index contributed by atoms with van der Waals surface area (Å²) >= 11 is 0. The number of non-ortho nitro benzene ring substituents is 1. The summed E-state index contributed by atoms with van der Waals surface area (Å²) in [7, 11) is 0. The van der Waals surface area contributed by atoms with E-state index in [1.807, 2.05) is 12.1 Å². The second-order valence-corrected chi connectivity index (χ2v) is 5.36. The summed E-state index contributed by atoms with van der Waals surface area (Å²) in [6.07, 6.45) is 2.48. The predicted octanol–water partition coefficient (Wildman–Crippen LogP) is 3.78. The number of ether oxygens (including phenoxy) is 1. The van der Waals surface area contributed by atoms with Gasteiger partial charge in [-0.25, -0.2) is 4.79 Å². The summed E-state index contributed by atoms with van der Waals surface area (Å²) in [5.74, 6) is -1.08. The third-order valence-electron chi connectivity index (χ3n) is 3.54. The van der Waals surface area contributed by atoms with E-state index < -0.39 is 23.3 Å². The molecule has 130 valence electrons. The van der Waals surface area contributed by atoms with Gasteiger partial charge in [0.05, 0.1) is 4.92 Å². The van der Waals surface area contributed by atoms with E-state index >= 15 is 0 Å². The van der Waals surface area contributed by atoms with Crippen molar-refractivity contribution in [2.24, 2.45) is 0 Å². The number of hydrogen-bond donors (Lipinski definition) is 0. The average molecular weight is 351 g/mol. The highest BCUT2D eigenvalue weighted by molar-refractivity contribution is 5.99. The lowest BCUT2D eigenvalue weighted by Crippen LogP contribution is -2.11. The lowest BCUT2D eigenvalue weighted by atomic mass is 10.2. The molecule has 0 aliphatic rings. The highest BCUT2D eigenvalue weighted by Crippen LogP contribution is 2.19. The zero-order valence-electron chi connectivity index (χ0n) is 13.5. The minimum absolute atomic E-state index is 0.0828. The normalized spacial score (nSPS) is 10.9. The molecule has 0 aliphatic carbocycles. The Morgan fingerprint density at radius 3 is 2.69 bits per heavy atom. The minimum atomic E-state index is -0.735. The van der Waals surface area contributed by atoms with Crippen molar-refractivity contribution in [3.63, 3.8) is 0 Å². The molecule has 0 aliphatic heterocycles. The van der Waals surface area contributed by atoms with Crippen molar-refractivity contribution in [1.82, 2.24) is 0 Å². The van der Waals surface area contributed by atoms with Gasteiger partial charge < -0.3 is 9.15 Å². The molecule has 0 unspecified atom stereocenters. The molecule has 0 saturated carbocycles. The number of nitro benzene ring substituents is 1. The van der Waals surface area contributed by atoms with E-state index in [0.29, 0.717) is 11.1 Å². The van der Waals surface area contributed by atoms with Gasteiger partial charge in [-0.2, -0.15) is 0 Å². The van der Waals surface area contributed by atoms with Crippen molar-refractivity contribution in [3.8, 4) is 0 Å². The quantitative estimate of drug-likeness (QED) is 0.220. The third-order valence-corrected chi connectivity index (χ3v) is 3.54. The molecule has 0 bridgehead atoms. The molecule has 3 rings (SSSR count). The second kappa shape index (κ2) is 7.43. The number of fused-ring (bicyclic) bond motifs is 1. The maximum atomic E-state index is 12.0. The van der Waals surface area contributed by atoms with Crippen molar-refractivity contribution < 1.29 is 23.7 Å². The van der Waals surface area contributed by atoms with Gasteiger partial charge in [0.15, 0.2) is 12.4 Å². The Hall–Kier alpha value is -3.74. The Morgan fingerprint density at radius 1 is 1.12 bits per heavy atom. The van der Waals surface area contributed by atoms with Crippen LogP contribution in [0.5, 0.6) is 0 Å². The molecule has 7 nitrogen and oxygen atoms in total. The van der Waals surface area contributed by atoms with E-state index in [9.17, 15) is 19.7 Å². The van der Waals surface area contributed by atoms with Crippen LogP contribution >= 0.6 is 0 Å². The average Bonchev–Trinajstić information content (AvgIpc) is 3.09. The van der Waals surface area contributed by atoms with Gasteiger partial charge in [-0.3, -0.25) is 14.9 Å². The number of carbonyl (C=O) groups is 2. The molecule has 26 heavy (non-hydrogen) atoms. The smallest absolute Gasteiger partial charge is 0.331 e. The molecule has 0 saturated heterocycles. The summed E-state index contributed by atoms with van der Waals surface area (Å²) in [6, 6.07) is 14.5. The van der Waals surface area contributed by atoms with Gasteiger partial charge in [-0.05, 0) is 23.8 Å². The molecule has 0 atom stereocenters. The molecule has 0 N–H and O–H groups in total. The van der Waals surface area contributed by atoms with Gasteiger partial charge in [0.2, 0.25) is 5.78 Å². The molecule has 0 radical (unpaired) electrons. The summed E-state index contributed by atoms with van der Waals surface area (Å²) in [5.41, 5.74) is 0.966. The maximum absolute atomic E-state index is 12.0. The van der Waals surface area contributed by atoms with Crippen LogP contribution < -0.4 is 0 Å². The number of ketones is 1. The van der Waals surface area contributed by atoms with Crippen LogP contribution in [-0.4, -0.2) is 23.3 Å². The first kappa shape index (κ1) is 17.1. The van der Waals surface area contributed by atoms with Crippen molar-refractivity contribution in [2.75, 3.05) is 6.61 Å². The van der Waals surface area contributed by atoms with Crippen LogP contribution in [0.4, 0.5) is 5.69 Å². The Balaban J connectivity index is 1.59. The predicted molar refractivity (Wildman–Crippen MR) is 93.6 cm³/mol. The Bertz CT molecular complexity index is 985. The summed E-state index contributed by atoms with van der Waals surface area (Å²) in [5, 5.41) is 11.5. The fourth-order valence-electron chi connectivity index (χ4n) is 2.28. The first-order valence-electron chi connectivity index (χ1n) is 7.64. The summed E-state index contributed by atoms with van der Waals surface area (Å²) in [6.45, 7) is -0.460. The van der Waals surface area contributed by atoms with Gasteiger partial charge >= 0.3 is 5.97 Å². The van der Waals surface area contributed by atoms with Crippen LogP contribution in [0.2, 0.25) is 0 Å². The minimum Gasteiger partial charge on any atom is -0.454 e. The van der Waals surface area contributed by atoms with Crippen LogP contribution in [0, 0.1) is 10.1 Å². The Labute approximate surface area is 147 Å². The van der Waals surface area contributed by atoms with Crippen LogP contribution in [0.25, 0.3) is 17.0 Å². The highest BCUT2D eigenvalue weighted by Gasteiger charge is 2.14. The van der Waals surface area contributed by atoms with E-state index in [1.165, 1.54) is 24.3 Å². The molecule has 3 aromatic rings. The molecule has 2 aromatic carbocycles. The van der Waals surface area contributed by atoms with Gasteiger partial charge in [0, 0.05) is 23.6 Å². The van der Waals surface area contributed by atoms with Gasteiger partial charge in [0.25, 0.3) is 5.69 Å². The number of Topliss-reactive ketones (excluding diaryl/α,β-unsaturated/α-hetero) is 1. The molecular formula is C19H13NO6. The summed E-state index contributed by atoms with van der Waals surface area (Å²) in [4.78, 5) is 33.9. The van der Waals surface area contributed by atoms with Crippen molar-refractivity contribution in [1.29, 1.82) is 0 Å². The number of para-hydroxylation sites is 1. The largest absolute Gasteiger partial charge is 0.454 e. The number of hydrogen-bond acceptors (Lipinski definition) is 6. The SMILES string of the molecule is O=C(/C=C/c1cccc([N+](=O)[O-])c1)OCC(=O)c1cc2ccccc2o1. The molecule has 1 heterocycles. The standard InChI is InChI=1S/C19H13NO6/c21-16(18-11-14-5-1-2-7-17(14)26-18)12-25-19(22)9-8-13-4-3-6-15(10-13)20(23)24/h1-11H,12H2/b9-8+. The fourth-order valence-corrected chi connectivity index (χ4v) is 2.28. The molecular weight excluding hydrogens is 338 g/mol. The summed E-state index contributed by atoms with van der Waals surface area (Å²) < 4.78 is 10.3. The van der Waals surface area contributed by atoms with Crippen LogP contribution in [-0.2, 0) is 9.53 Å². The Morgan fingerprint density at radius 2 is 1.92 bits per heavy atom. The number of nitro groups is 1. The van der Waals surface area contributed by atoms with Crippen LogP contribution in [0.1, 0.15) is 16.1 Å². The van der Waals surface area contributed by atoms with Crippen molar-refractivity contribution in [3.05, 3.63) is 82.1 Å². The number of furan rings is 1. The van der Waals surface area contributed by atoms with Crippen LogP contribution in [0.3, 0.4) is 0 Å².